The van der Waals surface area contributed by atoms with Crippen molar-refractivity contribution in [1.82, 2.24) is 4.57 Å². The molecule has 4 rings (SSSR count). The van der Waals surface area contributed by atoms with Crippen LogP contribution < -0.4 is 4.90 Å². The highest BCUT2D eigenvalue weighted by Gasteiger charge is 2.33. The number of phenols is 1. The van der Waals surface area contributed by atoms with Gasteiger partial charge in [-0.1, -0.05) is 0 Å². The fraction of sp³-hybridized carbons (Fsp3) is 0.105. The first-order valence-corrected chi connectivity index (χ1v) is 7.66. The van der Waals surface area contributed by atoms with Crippen LogP contribution in [0.25, 0.3) is 5.69 Å². The van der Waals surface area contributed by atoms with Crippen molar-refractivity contribution in [3.05, 3.63) is 77.9 Å². The molecule has 1 aromatic heterocycles. The van der Waals surface area contributed by atoms with Gasteiger partial charge in [0.1, 0.15) is 11.6 Å². The Hall–Kier alpha value is -3.08. The normalized spacial score (nSPS) is 15.8. The lowest BCUT2D eigenvalue weighted by atomic mass is 10.0. The van der Waals surface area contributed by atoms with Crippen molar-refractivity contribution in [2.24, 2.45) is 0 Å². The number of aromatic nitrogens is 1. The fourth-order valence-corrected chi connectivity index (χ4v) is 3.22. The van der Waals surface area contributed by atoms with E-state index in [1.165, 1.54) is 24.3 Å². The zero-order chi connectivity index (χ0) is 16.8. The Morgan fingerprint density at radius 2 is 1.83 bits per heavy atom. The average molecular weight is 322 g/mol. The second-order valence-electron chi connectivity index (χ2n) is 5.83. The van der Waals surface area contributed by atoms with Crippen LogP contribution in [-0.2, 0) is 0 Å². The van der Waals surface area contributed by atoms with Crippen LogP contribution in [0.4, 0.5) is 10.1 Å². The average Bonchev–Trinajstić information content (AvgIpc) is 3.05. The summed E-state index contributed by atoms with van der Waals surface area (Å²) < 4.78 is 15.8. The van der Waals surface area contributed by atoms with Gasteiger partial charge in [0.05, 0.1) is 17.4 Å². The topological polar surface area (TPSA) is 45.5 Å². The first-order valence-electron chi connectivity index (χ1n) is 7.66. The molecule has 5 heteroatoms. The van der Waals surface area contributed by atoms with Crippen molar-refractivity contribution in [2.75, 3.05) is 4.90 Å². The highest BCUT2D eigenvalue weighted by atomic mass is 19.1. The summed E-state index contributed by atoms with van der Waals surface area (Å²) in [5.41, 5.74) is 2.70. The van der Waals surface area contributed by atoms with Crippen LogP contribution in [-0.4, -0.2) is 15.6 Å². The van der Waals surface area contributed by atoms with Crippen LogP contribution in [0.2, 0.25) is 0 Å². The van der Waals surface area contributed by atoms with Crippen LogP contribution in [0.15, 0.2) is 60.8 Å². The number of fused-ring (bicyclic) bond motifs is 3. The van der Waals surface area contributed by atoms with E-state index in [-0.39, 0.29) is 23.5 Å². The molecule has 2 heterocycles. The zero-order valence-corrected chi connectivity index (χ0v) is 13.0. The summed E-state index contributed by atoms with van der Waals surface area (Å²) in [7, 11) is 0. The van der Waals surface area contributed by atoms with Gasteiger partial charge in [0.2, 0.25) is 0 Å². The molecular weight excluding hydrogens is 307 g/mol. The number of phenolic OH excluding ortho intramolecular Hbond substituents is 1. The minimum absolute atomic E-state index is 0.0959. The zero-order valence-electron chi connectivity index (χ0n) is 13.0. The number of aromatic hydroxyl groups is 1. The molecule has 0 saturated heterocycles. The van der Waals surface area contributed by atoms with E-state index in [0.29, 0.717) is 11.3 Å². The molecule has 0 bridgehead atoms. The predicted molar refractivity (Wildman–Crippen MR) is 89.1 cm³/mol. The Kier molecular flexibility index (Phi) is 3.16. The molecule has 1 atom stereocenters. The maximum absolute atomic E-state index is 13.8. The van der Waals surface area contributed by atoms with E-state index in [9.17, 15) is 14.3 Å². The van der Waals surface area contributed by atoms with E-state index in [1.807, 2.05) is 29.8 Å². The molecule has 24 heavy (non-hydrogen) atoms. The minimum atomic E-state index is -0.389. The highest BCUT2D eigenvalue weighted by Crippen LogP contribution is 2.40. The molecule has 1 amide bonds. The van der Waals surface area contributed by atoms with E-state index < -0.39 is 0 Å². The third-order valence-corrected chi connectivity index (χ3v) is 4.39. The van der Waals surface area contributed by atoms with Gasteiger partial charge in [0.25, 0.3) is 5.91 Å². The predicted octanol–water partition coefficient (Wildman–Crippen LogP) is 4.04. The Morgan fingerprint density at radius 1 is 1.08 bits per heavy atom. The van der Waals surface area contributed by atoms with Crippen molar-refractivity contribution < 1.29 is 14.3 Å². The van der Waals surface area contributed by atoms with Crippen LogP contribution in [0.1, 0.15) is 29.0 Å². The van der Waals surface area contributed by atoms with Gasteiger partial charge in [-0.3, -0.25) is 9.69 Å². The van der Waals surface area contributed by atoms with Gasteiger partial charge < -0.3 is 9.67 Å². The van der Waals surface area contributed by atoms with Crippen LogP contribution in [0.3, 0.4) is 0 Å². The quantitative estimate of drug-likeness (QED) is 0.735. The Balaban J connectivity index is 1.88. The number of hydrogen-bond acceptors (Lipinski definition) is 2. The molecule has 4 nitrogen and oxygen atoms in total. The lowest BCUT2D eigenvalue weighted by Gasteiger charge is -2.36. The molecular formula is C19H15FN2O2. The molecule has 2 aromatic carbocycles. The summed E-state index contributed by atoms with van der Waals surface area (Å²) in [6.07, 6.45) is 1.91. The van der Waals surface area contributed by atoms with Crippen LogP contribution >= 0.6 is 0 Å². The van der Waals surface area contributed by atoms with Gasteiger partial charge in [-0.15, -0.1) is 0 Å². The lowest BCUT2D eigenvalue weighted by molar-refractivity contribution is 0.0976. The Bertz CT molecular complexity index is 931. The number of benzene rings is 2. The molecule has 1 aliphatic heterocycles. The smallest absolute Gasteiger partial charge is 0.258 e. The molecule has 0 aliphatic carbocycles. The molecule has 120 valence electrons. The molecule has 1 N–H and O–H groups in total. The SMILES string of the molecule is C[C@H]1c2cccn2-c2ccc(F)cc2N1C(=O)c1ccc(O)cc1. The first-order chi connectivity index (χ1) is 11.6. The summed E-state index contributed by atoms with van der Waals surface area (Å²) in [5.74, 6) is -0.527. The number of nitrogens with zero attached hydrogens (tertiary/aromatic N) is 2. The van der Waals surface area contributed by atoms with Crippen LogP contribution in [0, 0.1) is 5.82 Å². The highest BCUT2D eigenvalue weighted by molar-refractivity contribution is 6.08. The van der Waals surface area contributed by atoms with E-state index in [4.69, 9.17) is 0 Å². The second kappa shape index (κ2) is 5.23. The number of carbonyl (C=O) groups is 1. The molecule has 1 aliphatic rings. The fourth-order valence-electron chi connectivity index (χ4n) is 3.22. The number of halogens is 1. The summed E-state index contributed by atoms with van der Waals surface area (Å²) in [4.78, 5) is 14.6. The second-order valence-corrected chi connectivity index (χ2v) is 5.83. The third kappa shape index (κ3) is 2.09. The molecule has 0 fully saturated rings. The maximum Gasteiger partial charge on any atom is 0.258 e. The van der Waals surface area contributed by atoms with Gasteiger partial charge in [0.15, 0.2) is 0 Å². The van der Waals surface area contributed by atoms with Crippen molar-refractivity contribution in [3.8, 4) is 11.4 Å². The van der Waals surface area contributed by atoms with E-state index in [0.717, 1.165) is 11.4 Å². The summed E-state index contributed by atoms with van der Waals surface area (Å²) in [5, 5.41) is 9.42. The molecule has 0 radical (unpaired) electrons. The van der Waals surface area contributed by atoms with Gasteiger partial charge in [-0.25, -0.2) is 4.39 Å². The van der Waals surface area contributed by atoms with Gasteiger partial charge in [-0.05, 0) is 61.5 Å². The van der Waals surface area contributed by atoms with Gasteiger partial charge in [-0.2, -0.15) is 0 Å². The summed E-state index contributed by atoms with van der Waals surface area (Å²) >= 11 is 0. The molecule has 0 unspecified atom stereocenters. The largest absolute Gasteiger partial charge is 0.508 e. The van der Waals surface area contributed by atoms with Gasteiger partial charge >= 0.3 is 0 Å². The number of anilines is 1. The number of carbonyl (C=O) groups excluding carboxylic acids is 1. The minimum Gasteiger partial charge on any atom is -0.508 e. The van der Waals surface area contributed by atoms with E-state index in [2.05, 4.69) is 0 Å². The molecule has 3 aromatic rings. The standard InChI is InChI=1S/C19H15FN2O2/c1-12-16-3-2-10-21(16)17-9-6-14(20)11-18(17)22(12)19(24)13-4-7-15(23)8-5-13/h2-12,23H,1H3/t12-/m0/s1. The van der Waals surface area contributed by atoms with Crippen molar-refractivity contribution in [3.63, 3.8) is 0 Å². The third-order valence-electron chi connectivity index (χ3n) is 4.39. The van der Waals surface area contributed by atoms with Crippen LogP contribution in [0.5, 0.6) is 5.75 Å². The van der Waals surface area contributed by atoms with E-state index in [1.54, 1.807) is 23.1 Å². The number of rotatable bonds is 1. The Labute approximate surface area is 138 Å². The number of amides is 1. The molecule has 0 spiro atoms. The lowest BCUT2D eigenvalue weighted by Crippen LogP contribution is -2.38. The van der Waals surface area contributed by atoms with Gasteiger partial charge in [0, 0.05) is 17.5 Å². The molecule has 0 saturated carbocycles. The summed E-state index contributed by atoms with van der Waals surface area (Å²) in [6.45, 7) is 1.91. The van der Waals surface area contributed by atoms with Crippen molar-refractivity contribution >= 4 is 11.6 Å². The van der Waals surface area contributed by atoms with E-state index >= 15 is 0 Å². The monoisotopic (exact) mass is 322 g/mol. The summed E-state index contributed by atoms with van der Waals surface area (Å²) in [6, 6.07) is 14.1. The first kappa shape index (κ1) is 14.5. The van der Waals surface area contributed by atoms with Crippen molar-refractivity contribution in [2.45, 2.75) is 13.0 Å². The number of hydrogen-bond donors (Lipinski definition) is 1. The van der Waals surface area contributed by atoms with Crippen molar-refractivity contribution in [1.29, 1.82) is 0 Å². The Morgan fingerprint density at radius 3 is 2.58 bits per heavy atom. The maximum atomic E-state index is 13.8.